The summed E-state index contributed by atoms with van der Waals surface area (Å²) in [6.45, 7) is 4.97. The van der Waals surface area contributed by atoms with E-state index in [4.69, 9.17) is 4.74 Å². The van der Waals surface area contributed by atoms with Crippen LogP contribution in [0.3, 0.4) is 0 Å². The highest BCUT2D eigenvalue weighted by atomic mass is 28.3. The van der Waals surface area contributed by atoms with Crippen molar-refractivity contribution in [2.24, 2.45) is 0 Å². The van der Waals surface area contributed by atoms with E-state index < -0.39 is 8.07 Å². The van der Waals surface area contributed by atoms with Gasteiger partial charge in [-0.25, -0.2) is 0 Å². The number of benzene rings is 6. The minimum absolute atomic E-state index is 0.137. The minimum Gasteiger partial charge on any atom is -0.458 e. The van der Waals surface area contributed by atoms with Crippen molar-refractivity contribution in [1.82, 2.24) is 0 Å². The fourth-order valence-electron chi connectivity index (χ4n) is 9.79. The van der Waals surface area contributed by atoms with E-state index in [0.717, 1.165) is 24.3 Å². The summed E-state index contributed by atoms with van der Waals surface area (Å²) in [6, 6.07) is 54.4. The van der Waals surface area contributed by atoms with Gasteiger partial charge in [0.2, 0.25) is 0 Å². The van der Waals surface area contributed by atoms with Gasteiger partial charge in [0.15, 0.2) is 0 Å². The largest absolute Gasteiger partial charge is 0.458 e. The van der Waals surface area contributed by atoms with Crippen molar-refractivity contribution in [2.45, 2.75) is 51.6 Å². The van der Waals surface area contributed by atoms with Crippen LogP contribution >= 0.6 is 0 Å². The molecule has 6 aromatic rings. The number of ether oxygens (including phenoxy) is 1. The second-order valence-electron chi connectivity index (χ2n) is 14.5. The fraction of sp³-hybridized carbons (Fsp3) is 0.174. The van der Waals surface area contributed by atoms with Gasteiger partial charge in [-0.05, 0) is 84.1 Å². The van der Waals surface area contributed by atoms with Crippen LogP contribution in [0.25, 0.3) is 11.1 Å². The van der Waals surface area contributed by atoms with Crippen LogP contribution in [-0.4, -0.2) is 14.8 Å². The molecule has 0 N–H and O–H groups in total. The Morgan fingerprint density at radius 1 is 0.549 bits per heavy atom. The van der Waals surface area contributed by atoms with Crippen LogP contribution in [0.4, 0.5) is 22.7 Å². The third-order valence-corrected chi connectivity index (χ3v) is 17.5. The SMILES string of the molecule is CC[Si]1(CC)c2ccc(-c3ccccc3)cc2B2c3ccc(N4C5=C(CCCC5)N(c5ccccc5)c5ccccc54)cc3Oc3cccc1c32. The molecule has 5 heteroatoms. The van der Waals surface area contributed by atoms with Crippen LogP contribution in [0.1, 0.15) is 39.5 Å². The molecule has 51 heavy (non-hydrogen) atoms. The van der Waals surface area contributed by atoms with Crippen LogP contribution in [0.15, 0.2) is 151 Å². The zero-order valence-corrected chi connectivity index (χ0v) is 30.4. The maximum Gasteiger partial charge on any atom is 0.250 e. The van der Waals surface area contributed by atoms with Crippen molar-refractivity contribution < 1.29 is 4.74 Å². The number of anilines is 4. The van der Waals surface area contributed by atoms with Crippen molar-refractivity contribution >= 4 is 64.3 Å². The van der Waals surface area contributed by atoms with Gasteiger partial charge < -0.3 is 14.5 Å². The molecule has 0 atom stereocenters. The minimum atomic E-state index is -2.00. The first-order valence-corrected chi connectivity index (χ1v) is 21.2. The summed E-state index contributed by atoms with van der Waals surface area (Å²) in [6.07, 6.45) is 4.52. The van der Waals surface area contributed by atoms with E-state index in [-0.39, 0.29) is 6.71 Å². The maximum absolute atomic E-state index is 7.05. The van der Waals surface area contributed by atoms with Crippen LogP contribution in [0, 0.1) is 0 Å². The number of rotatable bonds is 5. The Hall–Kier alpha value is -5.26. The highest BCUT2D eigenvalue weighted by molar-refractivity contribution is 7.15. The second kappa shape index (κ2) is 11.9. The molecule has 0 amide bonds. The number of fused-ring (bicyclic) bond motifs is 5. The lowest BCUT2D eigenvalue weighted by molar-refractivity contribution is 0.488. The summed E-state index contributed by atoms with van der Waals surface area (Å²) in [4.78, 5) is 5.04. The third-order valence-electron chi connectivity index (χ3n) is 12.2. The Balaban J connectivity index is 1.16. The molecule has 0 bridgehead atoms. The number of hydrogen-bond donors (Lipinski definition) is 0. The van der Waals surface area contributed by atoms with Gasteiger partial charge in [-0.1, -0.05) is 139 Å². The first-order valence-electron chi connectivity index (χ1n) is 18.8. The van der Waals surface area contributed by atoms with Crippen LogP contribution in [-0.2, 0) is 0 Å². The summed E-state index contributed by atoms with van der Waals surface area (Å²) in [5.74, 6) is 2.00. The van der Waals surface area contributed by atoms with Gasteiger partial charge in [-0.2, -0.15) is 0 Å². The van der Waals surface area contributed by atoms with E-state index in [1.807, 2.05) is 0 Å². The molecule has 0 spiro atoms. The molecular formula is C46H41BN2OSi. The Morgan fingerprint density at radius 2 is 1.22 bits per heavy atom. The zero-order valence-electron chi connectivity index (χ0n) is 29.4. The van der Waals surface area contributed by atoms with E-state index in [2.05, 4.69) is 163 Å². The molecule has 1 aliphatic carbocycles. The Kier molecular flexibility index (Phi) is 7.14. The van der Waals surface area contributed by atoms with Crippen molar-refractivity contribution in [3.05, 3.63) is 151 Å². The predicted octanol–water partition coefficient (Wildman–Crippen LogP) is 8.97. The van der Waals surface area contributed by atoms with Crippen molar-refractivity contribution in [2.75, 3.05) is 9.80 Å². The molecule has 4 aliphatic rings. The summed E-state index contributed by atoms with van der Waals surface area (Å²) in [7, 11) is -2.00. The smallest absolute Gasteiger partial charge is 0.250 e. The monoisotopic (exact) mass is 676 g/mol. The number of allylic oxidation sites excluding steroid dienone is 2. The molecule has 248 valence electrons. The highest BCUT2D eigenvalue weighted by Crippen LogP contribution is 2.51. The lowest BCUT2D eigenvalue weighted by Crippen LogP contribution is -2.78. The summed E-state index contributed by atoms with van der Waals surface area (Å²) < 4.78 is 7.05. The first-order chi connectivity index (χ1) is 25.2. The van der Waals surface area contributed by atoms with Gasteiger partial charge in [0, 0.05) is 28.8 Å². The molecule has 0 saturated heterocycles. The van der Waals surface area contributed by atoms with Crippen LogP contribution in [0.2, 0.25) is 12.1 Å². The summed E-state index contributed by atoms with van der Waals surface area (Å²) >= 11 is 0. The molecular weight excluding hydrogens is 635 g/mol. The molecule has 0 saturated carbocycles. The molecule has 3 nitrogen and oxygen atoms in total. The Morgan fingerprint density at radius 3 is 1.92 bits per heavy atom. The topological polar surface area (TPSA) is 15.7 Å². The third kappa shape index (κ3) is 4.50. The molecule has 3 heterocycles. The predicted molar refractivity (Wildman–Crippen MR) is 218 cm³/mol. The normalized spacial score (nSPS) is 16.4. The van der Waals surface area contributed by atoms with Crippen LogP contribution < -0.4 is 41.3 Å². The Bertz CT molecular complexity index is 2350. The average Bonchev–Trinajstić information content (AvgIpc) is 3.20. The standard InChI is InChI=1S/C46H41BN2OSi/c1-3-51(4-2)44-29-26-33(32-16-7-5-8-17-32)30-37(44)47-36-28-27-35(31-43(36)50-42-24-15-25-45(51)46(42)47)49-40-22-13-11-20-38(40)48(34-18-9-6-10-19-34)39-21-12-14-23-41(39)49/h5-11,13,15-20,22,24-31H,3-4,12,14,21,23H2,1-2H3. The zero-order chi connectivity index (χ0) is 34.1. The van der Waals surface area contributed by atoms with Crippen molar-refractivity contribution in [1.29, 1.82) is 0 Å². The van der Waals surface area contributed by atoms with E-state index >= 15 is 0 Å². The first kappa shape index (κ1) is 30.6. The van der Waals surface area contributed by atoms with Crippen molar-refractivity contribution in [3.63, 3.8) is 0 Å². The highest BCUT2D eigenvalue weighted by Gasteiger charge is 2.49. The van der Waals surface area contributed by atoms with E-state index in [1.54, 1.807) is 10.4 Å². The molecule has 0 aromatic heterocycles. The van der Waals surface area contributed by atoms with Gasteiger partial charge in [0.05, 0.1) is 11.4 Å². The number of para-hydroxylation sites is 3. The fourth-order valence-corrected chi connectivity index (χ4v) is 14.5. The molecule has 0 fully saturated rings. The Labute approximate surface area is 302 Å². The lowest BCUT2D eigenvalue weighted by atomic mass is 9.35. The van der Waals surface area contributed by atoms with Gasteiger partial charge in [-0.15, -0.1) is 0 Å². The quantitative estimate of drug-likeness (QED) is 0.169. The van der Waals surface area contributed by atoms with E-state index in [9.17, 15) is 0 Å². The molecule has 6 aromatic carbocycles. The van der Waals surface area contributed by atoms with Gasteiger partial charge in [0.25, 0.3) is 6.71 Å². The number of nitrogens with zero attached hydrogens (tertiary/aromatic N) is 2. The molecule has 0 unspecified atom stereocenters. The molecule has 3 aliphatic heterocycles. The second-order valence-corrected chi connectivity index (χ2v) is 19.2. The van der Waals surface area contributed by atoms with Crippen molar-refractivity contribution in [3.8, 4) is 22.6 Å². The van der Waals surface area contributed by atoms with Gasteiger partial charge in [-0.3, -0.25) is 0 Å². The number of hydrogen-bond acceptors (Lipinski definition) is 3. The van der Waals surface area contributed by atoms with E-state index in [0.29, 0.717) is 0 Å². The summed E-state index contributed by atoms with van der Waals surface area (Å²) in [5.41, 5.74) is 14.4. The molecule has 10 rings (SSSR count). The van der Waals surface area contributed by atoms with Gasteiger partial charge in [0.1, 0.15) is 19.6 Å². The van der Waals surface area contributed by atoms with Crippen LogP contribution in [0.5, 0.6) is 11.5 Å². The maximum atomic E-state index is 7.05. The van der Waals surface area contributed by atoms with E-state index in [1.165, 1.54) is 86.6 Å². The lowest BCUT2D eigenvalue weighted by Gasteiger charge is -2.45. The average molecular weight is 677 g/mol. The summed E-state index contributed by atoms with van der Waals surface area (Å²) in [5, 5.41) is 3.16. The molecule has 0 radical (unpaired) electrons. The van der Waals surface area contributed by atoms with Gasteiger partial charge >= 0.3 is 0 Å².